The average molecular weight is 207 g/mol. The second-order valence-electron chi connectivity index (χ2n) is 3.99. The second kappa shape index (κ2) is 3.84. The number of rotatable bonds is 3. The number of aromatic amines is 1. The zero-order chi connectivity index (χ0) is 10.8. The Kier molecular flexibility index (Phi) is 2.53. The zero-order valence-corrected chi connectivity index (χ0v) is 8.49. The normalized spacial score (nSPS) is 23.5. The van der Waals surface area contributed by atoms with Crippen molar-refractivity contribution in [2.75, 3.05) is 6.54 Å². The monoisotopic (exact) mass is 207 g/mol. The molecule has 0 aliphatic heterocycles. The van der Waals surface area contributed by atoms with Gasteiger partial charge in [-0.2, -0.15) is 5.10 Å². The predicted octanol–water partition coefficient (Wildman–Crippen LogP) is 0.156. The quantitative estimate of drug-likeness (QED) is 0.741. The van der Waals surface area contributed by atoms with Crippen LogP contribution in [0.3, 0.4) is 0 Å². The highest BCUT2D eigenvalue weighted by Gasteiger charge is 2.32. The number of carbonyl (C=O) groups excluding carboxylic acids is 1. The van der Waals surface area contributed by atoms with Gasteiger partial charge in [-0.25, -0.2) is 5.10 Å². The fourth-order valence-electron chi connectivity index (χ4n) is 1.47. The Morgan fingerprint density at radius 3 is 2.93 bits per heavy atom. The van der Waals surface area contributed by atoms with E-state index in [1.807, 2.05) is 0 Å². The van der Waals surface area contributed by atoms with Gasteiger partial charge in [0.15, 0.2) is 0 Å². The van der Waals surface area contributed by atoms with E-state index in [1.54, 1.807) is 0 Å². The summed E-state index contributed by atoms with van der Waals surface area (Å²) in [5.41, 5.74) is -0.0507. The van der Waals surface area contributed by atoms with Gasteiger partial charge in [-0.3, -0.25) is 9.59 Å². The third-order valence-electron chi connectivity index (χ3n) is 2.71. The summed E-state index contributed by atoms with van der Waals surface area (Å²) in [4.78, 5) is 22.2. The molecule has 1 aromatic heterocycles. The first-order valence-corrected chi connectivity index (χ1v) is 5.01. The molecule has 2 rings (SSSR count). The van der Waals surface area contributed by atoms with Crippen molar-refractivity contribution in [1.82, 2.24) is 15.5 Å². The molecule has 80 valence electrons. The highest BCUT2D eigenvalue weighted by Crippen LogP contribution is 2.36. The molecule has 1 fully saturated rings. The molecular formula is C10H13N3O2. The van der Waals surface area contributed by atoms with E-state index in [9.17, 15) is 9.59 Å². The number of hydrogen-bond acceptors (Lipinski definition) is 3. The van der Waals surface area contributed by atoms with Gasteiger partial charge in [0.05, 0.1) is 0 Å². The summed E-state index contributed by atoms with van der Waals surface area (Å²) in [5.74, 6) is 1.09. The van der Waals surface area contributed by atoms with Gasteiger partial charge in [0.2, 0.25) is 0 Å². The molecule has 0 bridgehead atoms. The topological polar surface area (TPSA) is 74.8 Å². The van der Waals surface area contributed by atoms with Crippen LogP contribution in [0.5, 0.6) is 0 Å². The fraction of sp³-hybridized carbons (Fsp3) is 0.500. The maximum absolute atomic E-state index is 11.5. The first kappa shape index (κ1) is 9.89. The predicted molar refractivity (Wildman–Crippen MR) is 54.5 cm³/mol. The Morgan fingerprint density at radius 2 is 2.40 bits per heavy atom. The molecule has 0 aromatic carbocycles. The van der Waals surface area contributed by atoms with E-state index in [2.05, 4.69) is 22.4 Å². The lowest BCUT2D eigenvalue weighted by atomic mass is 10.3. The first-order valence-electron chi connectivity index (χ1n) is 5.01. The highest BCUT2D eigenvalue weighted by molar-refractivity contribution is 5.91. The molecular weight excluding hydrogens is 194 g/mol. The molecule has 15 heavy (non-hydrogen) atoms. The highest BCUT2D eigenvalue weighted by atomic mass is 16.2. The van der Waals surface area contributed by atoms with Crippen molar-refractivity contribution < 1.29 is 4.79 Å². The van der Waals surface area contributed by atoms with E-state index >= 15 is 0 Å². The summed E-state index contributed by atoms with van der Waals surface area (Å²) in [6.07, 6.45) is 1.18. The van der Waals surface area contributed by atoms with Gasteiger partial charge in [0, 0.05) is 12.6 Å². The van der Waals surface area contributed by atoms with Crippen LogP contribution >= 0.6 is 0 Å². The number of H-pyrrole nitrogens is 1. The van der Waals surface area contributed by atoms with Crippen molar-refractivity contribution in [3.63, 3.8) is 0 Å². The molecule has 0 unspecified atom stereocenters. The van der Waals surface area contributed by atoms with Gasteiger partial charge in [-0.15, -0.1) is 0 Å². The van der Waals surface area contributed by atoms with Crippen molar-refractivity contribution in [3.8, 4) is 0 Å². The van der Waals surface area contributed by atoms with Crippen molar-refractivity contribution in [1.29, 1.82) is 0 Å². The summed E-state index contributed by atoms with van der Waals surface area (Å²) in [6, 6.07) is 2.71. The average Bonchev–Trinajstić information content (AvgIpc) is 2.92. The van der Waals surface area contributed by atoms with Crippen molar-refractivity contribution >= 4 is 5.91 Å². The number of carbonyl (C=O) groups is 1. The molecule has 1 aromatic rings. The molecule has 1 saturated carbocycles. The molecule has 1 heterocycles. The molecule has 5 nitrogen and oxygen atoms in total. The number of aromatic nitrogens is 2. The van der Waals surface area contributed by atoms with Crippen LogP contribution in [0.1, 0.15) is 23.8 Å². The van der Waals surface area contributed by atoms with Crippen molar-refractivity contribution in [2.45, 2.75) is 13.3 Å². The summed E-state index contributed by atoms with van der Waals surface area (Å²) < 4.78 is 0. The Morgan fingerprint density at radius 1 is 1.67 bits per heavy atom. The number of nitrogens with one attached hydrogen (secondary N) is 2. The minimum absolute atomic E-state index is 0.231. The summed E-state index contributed by atoms with van der Waals surface area (Å²) >= 11 is 0. The summed E-state index contributed by atoms with van der Waals surface area (Å²) in [7, 11) is 0. The van der Waals surface area contributed by atoms with E-state index in [0.717, 1.165) is 0 Å². The molecule has 2 atom stereocenters. The Labute approximate surface area is 86.9 Å². The SMILES string of the molecule is C[C@H]1C[C@@H]1CNC(=O)c1ccc(=O)[nH]n1. The zero-order valence-electron chi connectivity index (χ0n) is 8.49. The van der Waals surface area contributed by atoms with Crippen LogP contribution in [0.25, 0.3) is 0 Å². The molecule has 1 aliphatic rings. The Bertz CT molecular complexity index is 406. The molecule has 1 amide bonds. The van der Waals surface area contributed by atoms with Crippen molar-refractivity contribution in [2.24, 2.45) is 11.8 Å². The second-order valence-corrected chi connectivity index (χ2v) is 3.99. The maximum Gasteiger partial charge on any atom is 0.271 e. The van der Waals surface area contributed by atoms with Crippen LogP contribution in [0.2, 0.25) is 0 Å². The van der Waals surface area contributed by atoms with Gasteiger partial charge in [-0.05, 0) is 24.3 Å². The van der Waals surface area contributed by atoms with E-state index in [0.29, 0.717) is 18.4 Å². The van der Waals surface area contributed by atoms with E-state index in [-0.39, 0.29) is 17.2 Å². The first-order chi connectivity index (χ1) is 7.16. The van der Waals surface area contributed by atoms with Gasteiger partial charge < -0.3 is 5.32 Å². The number of nitrogens with zero attached hydrogens (tertiary/aromatic N) is 1. The van der Waals surface area contributed by atoms with Crippen LogP contribution in [0.15, 0.2) is 16.9 Å². The molecule has 0 spiro atoms. The molecule has 0 saturated heterocycles. The molecule has 2 N–H and O–H groups in total. The minimum Gasteiger partial charge on any atom is -0.350 e. The van der Waals surface area contributed by atoms with Crippen LogP contribution in [-0.4, -0.2) is 22.6 Å². The van der Waals surface area contributed by atoms with E-state index in [4.69, 9.17) is 0 Å². The summed E-state index contributed by atoms with van der Waals surface area (Å²) in [6.45, 7) is 2.86. The largest absolute Gasteiger partial charge is 0.350 e. The number of hydrogen-bond donors (Lipinski definition) is 2. The smallest absolute Gasteiger partial charge is 0.271 e. The molecule has 0 radical (unpaired) electrons. The maximum atomic E-state index is 11.5. The Balaban J connectivity index is 1.90. The van der Waals surface area contributed by atoms with Gasteiger partial charge >= 0.3 is 0 Å². The van der Waals surface area contributed by atoms with E-state index in [1.165, 1.54) is 18.6 Å². The van der Waals surface area contributed by atoms with Crippen molar-refractivity contribution in [3.05, 3.63) is 28.2 Å². The lowest BCUT2D eigenvalue weighted by molar-refractivity contribution is 0.0945. The van der Waals surface area contributed by atoms with E-state index < -0.39 is 0 Å². The standard InChI is InChI=1S/C10H13N3O2/c1-6-4-7(6)5-11-10(15)8-2-3-9(14)13-12-8/h2-3,6-7H,4-5H2,1H3,(H,11,15)(H,13,14)/t6-,7+/m0/s1. The number of amides is 1. The van der Waals surface area contributed by atoms with Gasteiger partial charge in [0.1, 0.15) is 5.69 Å². The third-order valence-corrected chi connectivity index (χ3v) is 2.71. The van der Waals surface area contributed by atoms with Crippen LogP contribution in [0.4, 0.5) is 0 Å². The minimum atomic E-state index is -0.303. The lowest BCUT2D eigenvalue weighted by Gasteiger charge is -2.02. The molecule has 5 heteroatoms. The fourth-order valence-corrected chi connectivity index (χ4v) is 1.47. The Hall–Kier alpha value is -1.65. The molecule has 1 aliphatic carbocycles. The third kappa shape index (κ3) is 2.43. The van der Waals surface area contributed by atoms with Gasteiger partial charge in [-0.1, -0.05) is 6.92 Å². The van der Waals surface area contributed by atoms with Gasteiger partial charge in [0.25, 0.3) is 11.5 Å². The lowest BCUT2D eigenvalue weighted by Crippen LogP contribution is -2.27. The van der Waals surface area contributed by atoms with Crippen LogP contribution < -0.4 is 10.9 Å². The summed E-state index contributed by atoms with van der Waals surface area (Å²) in [5, 5.41) is 8.66. The van der Waals surface area contributed by atoms with Crippen LogP contribution in [0, 0.1) is 11.8 Å². The van der Waals surface area contributed by atoms with Crippen LogP contribution in [-0.2, 0) is 0 Å².